The van der Waals surface area contributed by atoms with Crippen LogP contribution in [0.15, 0.2) is 72.8 Å². The van der Waals surface area contributed by atoms with E-state index in [1.807, 2.05) is 61.5 Å². The van der Waals surface area contributed by atoms with Crippen molar-refractivity contribution in [3.8, 4) is 11.5 Å². The van der Waals surface area contributed by atoms with E-state index in [0.717, 1.165) is 28.2 Å². The fraction of sp³-hybridized carbons (Fsp3) is 0.231. The Morgan fingerprint density at radius 1 is 0.969 bits per heavy atom. The van der Waals surface area contributed by atoms with Gasteiger partial charge in [-0.2, -0.15) is 0 Å². The van der Waals surface area contributed by atoms with Crippen LogP contribution in [-0.2, 0) is 13.0 Å². The fourth-order valence-corrected chi connectivity index (χ4v) is 3.75. The van der Waals surface area contributed by atoms with Gasteiger partial charge in [-0.05, 0) is 42.8 Å². The monoisotopic (exact) mass is 429 g/mol. The first-order valence-electron chi connectivity index (χ1n) is 10.7. The van der Waals surface area contributed by atoms with Gasteiger partial charge in [0.2, 0.25) is 0 Å². The third-order valence-corrected chi connectivity index (χ3v) is 5.39. The number of hydrogen-bond donors (Lipinski definition) is 1. The van der Waals surface area contributed by atoms with Gasteiger partial charge in [0, 0.05) is 13.0 Å². The third kappa shape index (κ3) is 4.75. The lowest BCUT2D eigenvalue weighted by Gasteiger charge is -2.13. The molecule has 0 fully saturated rings. The van der Waals surface area contributed by atoms with Crippen molar-refractivity contribution in [2.24, 2.45) is 0 Å². The molecule has 0 spiro atoms. The van der Waals surface area contributed by atoms with E-state index in [0.29, 0.717) is 37.4 Å². The van der Waals surface area contributed by atoms with Crippen LogP contribution < -0.4 is 14.8 Å². The highest BCUT2D eigenvalue weighted by molar-refractivity contribution is 5.96. The van der Waals surface area contributed by atoms with Gasteiger partial charge in [-0.15, -0.1) is 0 Å². The number of aryl methyl sites for hydroxylation is 1. The number of nitrogens with zero attached hydrogens (tertiary/aromatic N) is 2. The molecule has 3 aromatic carbocycles. The van der Waals surface area contributed by atoms with Crippen LogP contribution in [0.5, 0.6) is 11.5 Å². The molecule has 6 heteroatoms. The first-order chi connectivity index (χ1) is 15.7. The predicted molar refractivity (Wildman–Crippen MR) is 125 cm³/mol. The average Bonchev–Trinajstić information content (AvgIpc) is 3.17. The second kappa shape index (κ2) is 10.0. The van der Waals surface area contributed by atoms with Gasteiger partial charge in [0.1, 0.15) is 23.9 Å². The Balaban J connectivity index is 1.44. The van der Waals surface area contributed by atoms with Crippen LogP contribution >= 0.6 is 0 Å². The number of ether oxygens (including phenoxy) is 2. The van der Waals surface area contributed by atoms with Gasteiger partial charge in [0.25, 0.3) is 5.91 Å². The van der Waals surface area contributed by atoms with Crippen molar-refractivity contribution in [3.05, 3.63) is 89.7 Å². The maximum Gasteiger partial charge on any atom is 0.255 e. The van der Waals surface area contributed by atoms with Crippen molar-refractivity contribution in [1.82, 2.24) is 14.9 Å². The Hall–Kier alpha value is -3.80. The highest BCUT2D eigenvalue weighted by Gasteiger charge is 2.14. The van der Waals surface area contributed by atoms with Gasteiger partial charge in [-0.1, -0.05) is 42.5 Å². The second-order valence-electron chi connectivity index (χ2n) is 7.49. The number of methoxy groups -OCH3 is 1. The lowest BCUT2D eigenvalue weighted by atomic mass is 10.2. The van der Waals surface area contributed by atoms with Crippen molar-refractivity contribution in [1.29, 1.82) is 0 Å². The summed E-state index contributed by atoms with van der Waals surface area (Å²) in [6.07, 6.45) is 0.611. The fourth-order valence-electron chi connectivity index (χ4n) is 3.75. The summed E-state index contributed by atoms with van der Waals surface area (Å²) in [5, 5.41) is 2.98. The molecule has 1 aromatic heterocycles. The molecule has 164 valence electrons. The van der Waals surface area contributed by atoms with Crippen molar-refractivity contribution < 1.29 is 14.3 Å². The molecule has 0 aliphatic rings. The molecule has 0 atom stereocenters. The Kier molecular flexibility index (Phi) is 6.70. The van der Waals surface area contributed by atoms with Crippen LogP contribution in [0.1, 0.15) is 21.7 Å². The van der Waals surface area contributed by atoms with E-state index in [9.17, 15) is 4.79 Å². The molecule has 0 radical (unpaired) electrons. The number of carbonyl (C=O) groups is 1. The zero-order valence-electron chi connectivity index (χ0n) is 18.4. The molecule has 0 saturated carbocycles. The SMILES string of the molecule is COc1ccccc1C(=O)NCCc1nc2ccccc2n1CCOc1ccccc1C. The number of rotatable bonds is 9. The van der Waals surface area contributed by atoms with Crippen molar-refractivity contribution in [2.45, 2.75) is 19.9 Å². The quantitative estimate of drug-likeness (QED) is 0.428. The molecular formula is C26H27N3O3. The van der Waals surface area contributed by atoms with Crippen LogP contribution in [0, 0.1) is 6.92 Å². The molecule has 1 amide bonds. The van der Waals surface area contributed by atoms with Crippen molar-refractivity contribution in [2.75, 3.05) is 20.3 Å². The van der Waals surface area contributed by atoms with Crippen LogP contribution in [0.3, 0.4) is 0 Å². The van der Waals surface area contributed by atoms with Gasteiger partial charge in [0.05, 0.1) is 30.3 Å². The first-order valence-corrected chi connectivity index (χ1v) is 10.7. The third-order valence-electron chi connectivity index (χ3n) is 5.39. The van der Waals surface area contributed by atoms with Gasteiger partial charge in [-0.25, -0.2) is 4.98 Å². The Labute approximate surface area is 187 Å². The number of para-hydroxylation sites is 4. The van der Waals surface area contributed by atoms with E-state index in [2.05, 4.69) is 16.0 Å². The maximum atomic E-state index is 12.6. The van der Waals surface area contributed by atoms with Crippen LogP contribution in [0.2, 0.25) is 0 Å². The number of fused-ring (bicyclic) bond motifs is 1. The average molecular weight is 430 g/mol. The van der Waals surface area contributed by atoms with Crippen LogP contribution in [-0.4, -0.2) is 35.7 Å². The Morgan fingerprint density at radius 2 is 1.69 bits per heavy atom. The maximum absolute atomic E-state index is 12.6. The van der Waals surface area contributed by atoms with E-state index in [4.69, 9.17) is 14.5 Å². The largest absolute Gasteiger partial charge is 0.496 e. The van der Waals surface area contributed by atoms with Crippen molar-refractivity contribution in [3.63, 3.8) is 0 Å². The zero-order valence-corrected chi connectivity index (χ0v) is 18.4. The highest BCUT2D eigenvalue weighted by Crippen LogP contribution is 2.19. The van der Waals surface area contributed by atoms with Crippen molar-refractivity contribution >= 4 is 16.9 Å². The van der Waals surface area contributed by atoms with E-state index in [1.165, 1.54) is 0 Å². The van der Waals surface area contributed by atoms with Gasteiger partial charge < -0.3 is 19.4 Å². The van der Waals surface area contributed by atoms with Gasteiger partial charge >= 0.3 is 0 Å². The summed E-state index contributed by atoms with van der Waals surface area (Å²) in [5.41, 5.74) is 3.64. The Bertz CT molecular complexity index is 1220. The summed E-state index contributed by atoms with van der Waals surface area (Å²) >= 11 is 0. The number of hydrogen-bond acceptors (Lipinski definition) is 4. The van der Waals surface area contributed by atoms with E-state index >= 15 is 0 Å². The molecule has 6 nitrogen and oxygen atoms in total. The van der Waals surface area contributed by atoms with Gasteiger partial charge in [0.15, 0.2) is 0 Å². The topological polar surface area (TPSA) is 65.4 Å². The molecule has 1 N–H and O–H groups in total. The minimum atomic E-state index is -0.159. The van der Waals surface area contributed by atoms with E-state index in [1.54, 1.807) is 19.2 Å². The normalized spacial score (nSPS) is 10.8. The van der Waals surface area contributed by atoms with Crippen LogP contribution in [0.4, 0.5) is 0 Å². The summed E-state index contributed by atoms with van der Waals surface area (Å²) < 4.78 is 13.5. The minimum Gasteiger partial charge on any atom is -0.496 e. The zero-order chi connectivity index (χ0) is 22.3. The summed E-state index contributed by atoms with van der Waals surface area (Å²) in [6.45, 7) is 3.72. The number of imidazole rings is 1. The highest BCUT2D eigenvalue weighted by atomic mass is 16.5. The molecule has 32 heavy (non-hydrogen) atoms. The minimum absolute atomic E-state index is 0.159. The smallest absolute Gasteiger partial charge is 0.255 e. The summed E-state index contributed by atoms with van der Waals surface area (Å²) in [5.74, 6) is 2.21. The molecule has 4 rings (SSSR count). The molecule has 1 heterocycles. The molecule has 0 aliphatic carbocycles. The standard InChI is InChI=1S/C26H27N3O3/c1-19-9-3-7-13-23(19)32-18-17-29-22-12-6-5-11-21(22)28-25(29)15-16-27-26(30)20-10-4-8-14-24(20)31-2/h3-14H,15-18H2,1-2H3,(H,27,30). The number of benzene rings is 3. The summed E-state index contributed by atoms with van der Waals surface area (Å²) in [4.78, 5) is 17.4. The molecule has 0 saturated heterocycles. The number of carbonyl (C=O) groups excluding carboxylic acids is 1. The molecule has 0 aliphatic heterocycles. The molecule has 4 aromatic rings. The Morgan fingerprint density at radius 3 is 2.50 bits per heavy atom. The van der Waals surface area contributed by atoms with E-state index in [-0.39, 0.29) is 5.91 Å². The summed E-state index contributed by atoms with van der Waals surface area (Å²) in [6, 6.07) is 23.3. The predicted octanol–water partition coefficient (Wildman–Crippen LogP) is 4.40. The molecule has 0 bridgehead atoms. The number of amides is 1. The lowest BCUT2D eigenvalue weighted by Crippen LogP contribution is -2.27. The van der Waals surface area contributed by atoms with E-state index < -0.39 is 0 Å². The molecule has 0 unspecified atom stereocenters. The molecular weight excluding hydrogens is 402 g/mol. The van der Waals surface area contributed by atoms with Crippen LogP contribution in [0.25, 0.3) is 11.0 Å². The number of aromatic nitrogens is 2. The summed E-state index contributed by atoms with van der Waals surface area (Å²) in [7, 11) is 1.56. The first kappa shape index (κ1) is 21.4. The van der Waals surface area contributed by atoms with Gasteiger partial charge in [-0.3, -0.25) is 4.79 Å². The second-order valence-corrected chi connectivity index (χ2v) is 7.49. The lowest BCUT2D eigenvalue weighted by molar-refractivity contribution is 0.0951. The number of nitrogens with one attached hydrogen (secondary N) is 1.